The molecule has 0 aromatic carbocycles. The van der Waals surface area contributed by atoms with Gasteiger partial charge in [-0.05, 0) is 13.0 Å². The summed E-state index contributed by atoms with van der Waals surface area (Å²) < 4.78 is 5.36. The van der Waals surface area contributed by atoms with Crippen molar-refractivity contribution >= 4 is 34.0 Å². The molecule has 0 aromatic heterocycles. The zero-order valence-corrected chi connectivity index (χ0v) is 17.4. The number of ether oxygens (including phenoxy) is 1. The maximum Gasteiger partial charge on any atom is 0.0594 e. The van der Waals surface area contributed by atoms with Gasteiger partial charge in [0.15, 0.2) is 0 Å². The molecule has 0 saturated carbocycles. The van der Waals surface area contributed by atoms with Gasteiger partial charge in [-0.1, -0.05) is 64.7 Å². The highest BCUT2D eigenvalue weighted by atomic mass is 79.9. The molecule has 1 heterocycles. The predicted octanol–water partition coefficient (Wildman–Crippen LogP) is 5.56. The van der Waals surface area contributed by atoms with Crippen molar-refractivity contribution < 1.29 is 4.74 Å². The highest BCUT2D eigenvalue weighted by Crippen LogP contribution is 2.11. The highest BCUT2D eigenvalue weighted by Gasteiger charge is 2.08. The van der Waals surface area contributed by atoms with Gasteiger partial charge in [-0.15, -0.1) is 34.0 Å². The molecule has 1 fully saturated rings. The van der Waals surface area contributed by atoms with E-state index in [2.05, 4.69) is 11.8 Å². The molecule has 0 atom stereocenters. The van der Waals surface area contributed by atoms with Crippen LogP contribution in [-0.4, -0.2) is 37.7 Å². The minimum absolute atomic E-state index is 0. The van der Waals surface area contributed by atoms with Crippen molar-refractivity contribution in [3.8, 4) is 0 Å². The predicted molar refractivity (Wildman–Crippen MR) is 105 cm³/mol. The number of rotatable bonds is 11. The van der Waals surface area contributed by atoms with Crippen molar-refractivity contribution in [3.63, 3.8) is 0 Å². The van der Waals surface area contributed by atoms with Gasteiger partial charge in [0.05, 0.1) is 13.2 Å². The van der Waals surface area contributed by atoms with Gasteiger partial charge in [-0.3, -0.25) is 4.90 Å². The van der Waals surface area contributed by atoms with Crippen molar-refractivity contribution in [2.75, 3.05) is 32.8 Å². The third kappa shape index (κ3) is 17.0. The molecular formula is C16H38Br2N2O. The molecule has 1 rings (SSSR count). The lowest BCUT2D eigenvalue weighted by atomic mass is 10.1. The molecule has 21 heavy (non-hydrogen) atoms. The van der Waals surface area contributed by atoms with Crippen LogP contribution in [0.15, 0.2) is 0 Å². The molecule has 1 aliphatic heterocycles. The molecule has 3 nitrogen and oxygen atoms in total. The minimum atomic E-state index is 0. The van der Waals surface area contributed by atoms with E-state index >= 15 is 0 Å². The van der Waals surface area contributed by atoms with Gasteiger partial charge in [0.1, 0.15) is 0 Å². The zero-order chi connectivity index (χ0) is 12.9. The Balaban J connectivity index is -0.00000108. The summed E-state index contributed by atoms with van der Waals surface area (Å²) in [6, 6.07) is 0. The van der Waals surface area contributed by atoms with Gasteiger partial charge in [-0.25, -0.2) is 0 Å². The molecule has 0 aliphatic carbocycles. The van der Waals surface area contributed by atoms with Crippen molar-refractivity contribution in [2.45, 2.75) is 71.1 Å². The van der Waals surface area contributed by atoms with Crippen LogP contribution in [0.2, 0.25) is 0 Å². The summed E-state index contributed by atoms with van der Waals surface area (Å²) >= 11 is 0. The van der Waals surface area contributed by atoms with Crippen LogP contribution in [0.5, 0.6) is 0 Å². The first-order valence-corrected chi connectivity index (χ1v) is 8.23. The summed E-state index contributed by atoms with van der Waals surface area (Å²) in [7, 11) is 0. The third-order valence-electron chi connectivity index (χ3n) is 3.93. The second-order valence-corrected chi connectivity index (χ2v) is 5.64. The molecule has 5 heteroatoms. The average Bonchev–Trinajstić information content (AvgIpc) is 2.42. The van der Waals surface area contributed by atoms with Crippen molar-refractivity contribution in [3.05, 3.63) is 0 Å². The Labute approximate surface area is 153 Å². The number of morpholine rings is 1. The van der Waals surface area contributed by atoms with Gasteiger partial charge in [-0.2, -0.15) is 0 Å². The Morgan fingerprint density at radius 2 is 1.14 bits per heavy atom. The Hall–Kier alpha value is 0.840. The van der Waals surface area contributed by atoms with Gasteiger partial charge in [0, 0.05) is 13.1 Å². The van der Waals surface area contributed by atoms with E-state index in [1.165, 1.54) is 70.8 Å². The van der Waals surface area contributed by atoms with E-state index in [0.717, 1.165) is 26.3 Å². The van der Waals surface area contributed by atoms with Crippen molar-refractivity contribution in [1.82, 2.24) is 11.1 Å². The van der Waals surface area contributed by atoms with Crippen LogP contribution in [0.4, 0.5) is 0 Å². The largest absolute Gasteiger partial charge is 0.379 e. The fourth-order valence-electron chi connectivity index (χ4n) is 2.65. The van der Waals surface area contributed by atoms with Gasteiger partial charge >= 0.3 is 0 Å². The van der Waals surface area contributed by atoms with Crippen LogP contribution in [0, 0.1) is 0 Å². The number of hydrogen-bond acceptors (Lipinski definition) is 3. The van der Waals surface area contributed by atoms with Crippen LogP contribution in [-0.2, 0) is 4.74 Å². The lowest BCUT2D eigenvalue weighted by Gasteiger charge is -2.26. The van der Waals surface area contributed by atoms with Gasteiger partial charge in [0.25, 0.3) is 0 Å². The van der Waals surface area contributed by atoms with E-state index in [1.54, 1.807) is 0 Å². The monoisotopic (exact) mass is 432 g/mol. The smallest absolute Gasteiger partial charge is 0.0594 e. The van der Waals surface area contributed by atoms with Crippen LogP contribution < -0.4 is 6.15 Å². The SMILES string of the molecule is Br.Br.CCCCCCCCCCCCN1CCOCC1.N. The summed E-state index contributed by atoms with van der Waals surface area (Å²) in [5.41, 5.74) is 0. The Kier molecular flexibility index (Phi) is 26.5. The lowest BCUT2D eigenvalue weighted by molar-refractivity contribution is 0.0371. The number of nitrogens with zero attached hydrogens (tertiary/aromatic N) is 1. The maximum absolute atomic E-state index is 5.36. The Morgan fingerprint density at radius 3 is 1.62 bits per heavy atom. The fraction of sp³-hybridized carbons (Fsp3) is 1.00. The average molecular weight is 434 g/mol. The molecule has 0 radical (unpaired) electrons. The van der Waals surface area contributed by atoms with E-state index in [9.17, 15) is 0 Å². The van der Waals surface area contributed by atoms with Crippen LogP contribution >= 0.6 is 34.0 Å². The standard InChI is InChI=1S/C16H33NO.2BrH.H3N/c1-2-3-4-5-6-7-8-9-10-11-12-17-13-15-18-16-14-17;;;/h2-16H2,1H3;2*1H;1H3. The third-order valence-corrected chi connectivity index (χ3v) is 3.93. The van der Waals surface area contributed by atoms with E-state index < -0.39 is 0 Å². The summed E-state index contributed by atoms with van der Waals surface area (Å²) in [6.07, 6.45) is 14.3. The molecule has 0 bridgehead atoms. The first-order valence-electron chi connectivity index (χ1n) is 8.23. The summed E-state index contributed by atoms with van der Waals surface area (Å²) in [6.45, 7) is 7.76. The fourth-order valence-corrected chi connectivity index (χ4v) is 2.65. The quantitative estimate of drug-likeness (QED) is 0.434. The van der Waals surface area contributed by atoms with E-state index in [0.29, 0.717) is 0 Å². The topological polar surface area (TPSA) is 47.5 Å². The molecule has 3 N–H and O–H groups in total. The second kappa shape index (κ2) is 20.8. The molecule has 0 amide bonds. The van der Waals surface area contributed by atoms with Crippen LogP contribution in [0.25, 0.3) is 0 Å². The van der Waals surface area contributed by atoms with E-state index in [-0.39, 0.29) is 40.1 Å². The van der Waals surface area contributed by atoms with Crippen molar-refractivity contribution in [2.24, 2.45) is 0 Å². The van der Waals surface area contributed by atoms with Gasteiger partial charge < -0.3 is 10.9 Å². The first-order chi connectivity index (χ1) is 8.93. The molecule has 0 spiro atoms. The molecule has 1 aliphatic rings. The summed E-state index contributed by atoms with van der Waals surface area (Å²) in [5, 5.41) is 0. The highest BCUT2D eigenvalue weighted by molar-refractivity contribution is 8.93. The van der Waals surface area contributed by atoms with Crippen LogP contribution in [0.1, 0.15) is 71.1 Å². The maximum atomic E-state index is 5.36. The van der Waals surface area contributed by atoms with Crippen LogP contribution in [0.3, 0.4) is 0 Å². The summed E-state index contributed by atoms with van der Waals surface area (Å²) in [4.78, 5) is 2.55. The summed E-state index contributed by atoms with van der Waals surface area (Å²) in [5.74, 6) is 0. The van der Waals surface area contributed by atoms with E-state index in [4.69, 9.17) is 4.74 Å². The zero-order valence-electron chi connectivity index (χ0n) is 14.0. The van der Waals surface area contributed by atoms with Crippen molar-refractivity contribution in [1.29, 1.82) is 0 Å². The van der Waals surface area contributed by atoms with E-state index in [1.807, 2.05) is 0 Å². The Morgan fingerprint density at radius 1 is 0.714 bits per heavy atom. The normalized spacial score (nSPS) is 14.7. The minimum Gasteiger partial charge on any atom is -0.379 e. The second-order valence-electron chi connectivity index (χ2n) is 5.64. The van der Waals surface area contributed by atoms with Gasteiger partial charge in [0.2, 0.25) is 0 Å². The molecule has 132 valence electrons. The Bertz CT molecular complexity index is 180. The lowest BCUT2D eigenvalue weighted by Crippen LogP contribution is -2.36. The molecule has 0 aromatic rings. The molecule has 1 saturated heterocycles. The number of hydrogen-bond donors (Lipinski definition) is 1. The molecule has 0 unspecified atom stereocenters. The molecular weight excluding hydrogens is 396 g/mol. The first kappa shape index (κ1) is 26.7. The number of halogens is 2. The number of unbranched alkanes of at least 4 members (excludes halogenated alkanes) is 9.